The minimum absolute atomic E-state index is 0.350. The zero-order chi connectivity index (χ0) is 9.86. The lowest BCUT2D eigenvalue weighted by Gasteiger charge is -2.34. The first-order chi connectivity index (χ1) is 6.79. The zero-order valence-electron chi connectivity index (χ0n) is 8.96. The third-order valence-electron chi connectivity index (χ3n) is 3.21. The molecule has 0 aromatic rings. The topological polar surface area (TPSA) is 27.7 Å². The Morgan fingerprint density at radius 2 is 1.93 bits per heavy atom. The Kier molecular flexibility index (Phi) is 3.42. The van der Waals surface area contributed by atoms with E-state index in [4.69, 9.17) is 14.2 Å². The van der Waals surface area contributed by atoms with E-state index in [0.29, 0.717) is 11.3 Å². The predicted octanol–water partition coefficient (Wildman–Crippen LogP) is 1.47. The van der Waals surface area contributed by atoms with Crippen molar-refractivity contribution < 1.29 is 14.2 Å². The van der Waals surface area contributed by atoms with Gasteiger partial charge in [-0.15, -0.1) is 0 Å². The molecule has 3 nitrogen and oxygen atoms in total. The molecule has 0 N–H and O–H groups in total. The second-order valence-corrected chi connectivity index (χ2v) is 4.84. The maximum absolute atomic E-state index is 5.74. The van der Waals surface area contributed by atoms with Gasteiger partial charge < -0.3 is 14.2 Å². The summed E-state index contributed by atoms with van der Waals surface area (Å²) in [6.45, 7) is 7.62. The lowest BCUT2D eigenvalue weighted by atomic mass is 9.83. The first kappa shape index (κ1) is 10.4. The van der Waals surface area contributed by atoms with Crippen LogP contribution in [0.5, 0.6) is 0 Å². The molecule has 0 aromatic carbocycles. The van der Waals surface area contributed by atoms with Crippen molar-refractivity contribution in [1.29, 1.82) is 0 Å². The molecular formula is C11H20O3. The molecule has 0 saturated carbocycles. The van der Waals surface area contributed by atoms with Crippen molar-refractivity contribution in [2.45, 2.75) is 19.8 Å². The van der Waals surface area contributed by atoms with Crippen LogP contribution in [0.4, 0.5) is 0 Å². The van der Waals surface area contributed by atoms with Gasteiger partial charge in [0.25, 0.3) is 0 Å². The Hall–Kier alpha value is -0.120. The molecule has 2 fully saturated rings. The predicted molar refractivity (Wildman–Crippen MR) is 53.3 cm³/mol. The summed E-state index contributed by atoms with van der Waals surface area (Å²) in [4.78, 5) is 0. The summed E-state index contributed by atoms with van der Waals surface area (Å²) in [5.74, 6) is 0.651. The van der Waals surface area contributed by atoms with Crippen LogP contribution < -0.4 is 0 Å². The molecule has 2 aliphatic rings. The molecule has 0 amide bonds. The van der Waals surface area contributed by atoms with Crippen LogP contribution in [0.3, 0.4) is 0 Å². The van der Waals surface area contributed by atoms with Crippen molar-refractivity contribution in [3.05, 3.63) is 0 Å². The van der Waals surface area contributed by atoms with Crippen molar-refractivity contribution in [2.24, 2.45) is 11.3 Å². The Bertz CT molecular complexity index is 171. The average Bonchev–Trinajstić information content (AvgIpc) is 2.11. The van der Waals surface area contributed by atoms with Gasteiger partial charge in [-0.05, 0) is 18.3 Å². The third kappa shape index (κ3) is 2.69. The van der Waals surface area contributed by atoms with Crippen molar-refractivity contribution in [3.63, 3.8) is 0 Å². The first-order valence-electron chi connectivity index (χ1n) is 5.52. The fourth-order valence-electron chi connectivity index (χ4n) is 1.86. The van der Waals surface area contributed by atoms with Crippen LogP contribution in [-0.2, 0) is 14.2 Å². The molecule has 0 spiro atoms. The lowest BCUT2D eigenvalue weighted by molar-refractivity contribution is -0.0930. The largest absolute Gasteiger partial charge is 0.381 e. The minimum atomic E-state index is 0.350. The molecule has 14 heavy (non-hydrogen) atoms. The molecule has 0 radical (unpaired) electrons. The van der Waals surface area contributed by atoms with Crippen LogP contribution in [0.15, 0.2) is 0 Å². The van der Waals surface area contributed by atoms with Crippen molar-refractivity contribution in [3.8, 4) is 0 Å². The van der Waals surface area contributed by atoms with Gasteiger partial charge >= 0.3 is 0 Å². The van der Waals surface area contributed by atoms with E-state index in [0.717, 1.165) is 52.5 Å². The fraction of sp³-hybridized carbons (Fsp3) is 1.00. The van der Waals surface area contributed by atoms with Crippen molar-refractivity contribution >= 4 is 0 Å². The van der Waals surface area contributed by atoms with E-state index >= 15 is 0 Å². The summed E-state index contributed by atoms with van der Waals surface area (Å²) < 4.78 is 16.2. The van der Waals surface area contributed by atoms with Gasteiger partial charge in [0.1, 0.15) is 0 Å². The van der Waals surface area contributed by atoms with Gasteiger partial charge in [-0.2, -0.15) is 0 Å². The highest BCUT2D eigenvalue weighted by Crippen LogP contribution is 2.30. The van der Waals surface area contributed by atoms with E-state index in [-0.39, 0.29) is 0 Å². The van der Waals surface area contributed by atoms with Gasteiger partial charge in [0.05, 0.1) is 26.4 Å². The number of ether oxygens (including phenoxy) is 3. The Balaban J connectivity index is 1.62. The molecule has 2 rings (SSSR count). The van der Waals surface area contributed by atoms with E-state index in [1.54, 1.807) is 0 Å². The first-order valence-corrected chi connectivity index (χ1v) is 5.52. The Morgan fingerprint density at radius 3 is 2.50 bits per heavy atom. The Labute approximate surface area is 85.7 Å². The molecule has 0 unspecified atom stereocenters. The Morgan fingerprint density at radius 1 is 1.21 bits per heavy atom. The molecule has 0 aliphatic carbocycles. The van der Waals surface area contributed by atoms with Gasteiger partial charge in [-0.25, -0.2) is 0 Å². The van der Waals surface area contributed by atoms with Crippen molar-refractivity contribution in [2.75, 3.05) is 39.6 Å². The summed E-state index contributed by atoms with van der Waals surface area (Å²) in [6, 6.07) is 0. The fourth-order valence-corrected chi connectivity index (χ4v) is 1.86. The van der Waals surface area contributed by atoms with E-state index in [2.05, 4.69) is 6.92 Å². The molecule has 2 aliphatic heterocycles. The van der Waals surface area contributed by atoms with Gasteiger partial charge in [0.15, 0.2) is 0 Å². The standard InChI is InChI=1S/C11H20O3/c1-11(2-4-12-5-3-11)9-14-8-10-6-13-7-10/h10H,2-9H2,1H3. The van der Waals surface area contributed by atoms with E-state index in [9.17, 15) is 0 Å². The highest BCUT2D eigenvalue weighted by molar-refractivity contribution is 4.77. The maximum atomic E-state index is 5.74. The van der Waals surface area contributed by atoms with Crippen LogP contribution in [0.1, 0.15) is 19.8 Å². The summed E-state index contributed by atoms with van der Waals surface area (Å²) in [5, 5.41) is 0. The van der Waals surface area contributed by atoms with Crippen LogP contribution >= 0.6 is 0 Å². The number of rotatable bonds is 4. The van der Waals surface area contributed by atoms with Gasteiger partial charge in [0.2, 0.25) is 0 Å². The van der Waals surface area contributed by atoms with E-state index in [1.807, 2.05) is 0 Å². The van der Waals surface area contributed by atoms with Crippen LogP contribution in [0.25, 0.3) is 0 Å². The molecular weight excluding hydrogens is 180 g/mol. The van der Waals surface area contributed by atoms with Crippen molar-refractivity contribution in [1.82, 2.24) is 0 Å². The smallest absolute Gasteiger partial charge is 0.0538 e. The third-order valence-corrected chi connectivity index (χ3v) is 3.21. The second-order valence-electron chi connectivity index (χ2n) is 4.84. The molecule has 0 atom stereocenters. The molecule has 2 saturated heterocycles. The SMILES string of the molecule is CC1(COCC2COC2)CCOCC1. The highest BCUT2D eigenvalue weighted by atomic mass is 16.5. The van der Waals surface area contributed by atoms with Crippen LogP contribution in [-0.4, -0.2) is 39.6 Å². The lowest BCUT2D eigenvalue weighted by Crippen LogP contribution is -2.35. The minimum Gasteiger partial charge on any atom is -0.381 e. The van der Waals surface area contributed by atoms with E-state index < -0.39 is 0 Å². The molecule has 0 aromatic heterocycles. The monoisotopic (exact) mass is 200 g/mol. The molecule has 2 heterocycles. The van der Waals surface area contributed by atoms with Gasteiger partial charge in [-0.1, -0.05) is 6.92 Å². The molecule has 3 heteroatoms. The van der Waals surface area contributed by atoms with Gasteiger partial charge in [0, 0.05) is 19.1 Å². The van der Waals surface area contributed by atoms with Gasteiger partial charge in [-0.3, -0.25) is 0 Å². The molecule has 82 valence electrons. The summed E-state index contributed by atoms with van der Waals surface area (Å²) in [5.41, 5.74) is 0.350. The number of hydrogen-bond donors (Lipinski definition) is 0. The maximum Gasteiger partial charge on any atom is 0.0538 e. The average molecular weight is 200 g/mol. The van der Waals surface area contributed by atoms with E-state index in [1.165, 1.54) is 0 Å². The normalized spacial score (nSPS) is 27.2. The second kappa shape index (κ2) is 4.60. The summed E-state index contributed by atoms with van der Waals surface area (Å²) >= 11 is 0. The number of hydrogen-bond acceptors (Lipinski definition) is 3. The summed E-state index contributed by atoms with van der Waals surface area (Å²) in [7, 11) is 0. The van der Waals surface area contributed by atoms with Crippen LogP contribution in [0.2, 0.25) is 0 Å². The highest BCUT2D eigenvalue weighted by Gasteiger charge is 2.28. The molecule has 0 bridgehead atoms. The van der Waals surface area contributed by atoms with Crippen LogP contribution in [0, 0.1) is 11.3 Å². The quantitative estimate of drug-likeness (QED) is 0.687. The summed E-state index contributed by atoms with van der Waals surface area (Å²) in [6.07, 6.45) is 2.27. The zero-order valence-corrected chi connectivity index (χ0v) is 8.96.